The predicted octanol–water partition coefficient (Wildman–Crippen LogP) is 1.52. The van der Waals surface area contributed by atoms with Gasteiger partial charge in [-0.05, 0) is 12.1 Å². The summed E-state index contributed by atoms with van der Waals surface area (Å²) in [7, 11) is 5.38. The van der Waals surface area contributed by atoms with Gasteiger partial charge in [0, 0.05) is 26.1 Å². The lowest BCUT2D eigenvalue weighted by molar-refractivity contribution is -0.515. The molecule has 0 saturated heterocycles. The van der Waals surface area contributed by atoms with E-state index < -0.39 is 0 Å². The predicted molar refractivity (Wildman–Crippen MR) is 71.8 cm³/mol. The topological polar surface area (TPSA) is 38.6 Å². The van der Waals surface area contributed by atoms with Gasteiger partial charge in [-0.2, -0.15) is 4.40 Å². The summed E-state index contributed by atoms with van der Waals surface area (Å²) >= 11 is 0. The maximum Gasteiger partial charge on any atom is 0.397 e. The van der Waals surface area contributed by atoms with E-state index in [0.717, 1.165) is 5.65 Å². The summed E-state index contributed by atoms with van der Waals surface area (Å²) < 4.78 is 3.97. The van der Waals surface area contributed by atoms with E-state index in [1.807, 2.05) is 29.8 Å². The van der Waals surface area contributed by atoms with Crippen LogP contribution in [-0.2, 0) is 11.9 Å². The number of hydrogen-bond donors (Lipinski definition) is 0. The Hall–Kier alpha value is -1.88. The minimum absolute atomic E-state index is 0.360. The number of hydroxylamine groups is 2. The van der Waals surface area contributed by atoms with Crippen molar-refractivity contribution in [1.82, 2.24) is 9.63 Å². The average Bonchev–Trinajstić information content (AvgIpc) is 2.66. The Morgan fingerprint density at radius 3 is 2.63 bits per heavy atom. The highest BCUT2D eigenvalue weighted by molar-refractivity contribution is 5.85. The van der Waals surface area contributed by atoms with Crippen molar-refractivity contribution in [3.63, 3.8) is 0 Å². The molecule has 2 aromatic rings. The molecule has 2 rings (SSSR count). The Balaban J connectivity index is 2.57. The van der Waals surface area contributed by atoms with Gasteiger partial charge < -0.3 is 4.84 Å². The monoisotopic (exact) mass is 262 g/mol. The highest BCUT2D eigenvalue weighted by atomic mass is 16.7. The van der Waals surface area contributed by atoms with Gasteiger partial charge in [-0.25, -0.2) is 9.36 Å². The summed E-state index contributed by atoms with van der Waals surface area (Å²) in [5.74, 6) is 0.0316. The minimum atomic E-state index is -0.360. The minimum Gasteiger partial charge on any atom is -0.362 e. The first kappa shape index (κ1) is 13.5. The summed E-state index contributed by atoms with van der Waals surface area (Å²) in [4.78, 5) is 17.2. The van der Waals surface area contributed by atoms with Crippen molar-refractivity contribution in [3.8, 4) is 0 Å². The van der Waals surface area contributed by atoms with Crippen LogP contribution in [0.15, 0.2) is 24.4 Å². The highest BCUT2D eigenvalue weighted by Gasteiger charge is 2.23. The summed E-state index contributed by atoms with van der Waals surface area (Å²) in [6, 6.07) is 5.62. The van der Waals surface area contributed by atoms with Gasteiger partial charge in [0.2, 0.25) is 5.69 Å². The van der Waals surface area contributed by atoms with Gasteiger partial charge >= 0.3 is 5.97 Å². The van der Waals surface area contributed by atoms with Crippen molar-refractivity contribution in [2.45, 2.75) is 19.8 Å². The molecule has 0 N–H and O–H groups in total. The lowest BCUT2D eigenvalue weighted by atomic mass is 10.1. The molecule has 2 heterocycles. The molecule has 5 nitrogen and oxygen atoms in total. The molecule has 0 radical (unpaired) electrons. The van der Waals surface area contributed by atoms with E-state index in [0.29, 0.717) is 11.6 Å². The number of pyridine rings is 1. The van der Waals surface area contributed by atoms with Crippen LogP contribution in [0.4, 0.5) is 0 Å². The lowest BCUT2D eigenvalue weighted by Gasteiger charge is -2.08. The van der Waals surface area contributed by atoms with Gasteiger partial charge in [0.25, 0.3) is 5.65 Å². The van der Waals surface area contributed by atoms with Crippen LogP contribution in [0.1, 0.15) is 35.9 Å². The van der Waals surface area contributed by atoms with Crippen LogP contribution in [-0.4, -0.2) is 29.7 Å². The number of imidazole rings is 1. The average molecular weight is 262 g/mol. The normalized spacial score (nSPS) is 11.5. The third kappa shape index (κ3) is 2.46. The van der Waals surface area contributed by atoms with E-state index in [9.17, 15) is 4.79 Å². The smallest absolute Gasteiger partial charge is 0.362 e. The molecule has 102 valence electrons. The first-order valence-corrected chi connectivity index (χ1v) is 6.31. The van der Waals surface area contributed by atoms with Crippen molar-refractivity contribution >= 4 is 11.6 Å². The van der Waals surface area contributed by atoms with Crippen LogP contribution in [0.3, 0.4) is 0 Å². The van der Waals surface area contributed by atoms with Gasteiger partial charge in [0.15, 0.2) is 0 Å². The van der Waals surface area contributed by atoms with Crippen LogP contribution >= 0.6 is 0 Å². The molecule has 0 unspecified atom stereocenters. The standard InChI is InChI=1S/C14H20N3O2/c1-10(2)12-9-17-11(14(18)19-15(3)4)7-6-8-13(17)16(12)5/h6-10H,1-5H3/q+1. The molecule has 0 aromatic carbocycles. The number of fused-ring (bicyclic) bond motifs is 1. The van der Waals surface area contributed by atoms with Crippen molar-refractivity contribution in [3.05, 3.63) is 35.8 Å². The van der Waals surface area contributed by atoms with E-state index in [4.69, 9.17) is 4.84 Å². The molecule has 0 bridgehead atoms. The first-order valence-electron chi connectivity index (χ1n) is 6.31. The zero-order valence-corrected chi connectivity index (χ0v) is 12.0. The number of rotatable bonds is 3. The Morgan fingerprint density at radius 2 is 2.05 bits per heavy atom. The Bertz CT molecular complexity index is 614. The van der Waals surface area contributed by atoms with Gasteiger partial charge in [-0.1, -0.05) is 13.8 Å². The van der Waals surface area contributed by atoms with Crippen LogP contribution in [0.5, 0.6) is 0 Å². The van der Waals surface area contributed by atoms with Gasteiger partial charge in [-0.15, -0.1) is 5.06 Å². The SMILES string of the molecule is CC(C)c1c[n+]2c(C(=O)ON(C)C)cccc2n1C. The molecule has 0 spiro atoms. The number of nitrogens with zero attached hydrogens (tertiary/aromatic N) is 3. The molecule has 0 aliphatic heterocycles. The van der Waals surface area contributed by atoms with Crippen LogP contribution in [0.2, 0.25) is 0 Å². The molecular formula is C14H20N3O2+. The molecule has 0 saturated carbocycles. The Kier molecular flexibility index (Phi) is 3.57. The van der Waals surface area contributed by atoms with E-state index in [-0.39, 0.29) is 5.97 Å². The first-order chi connectivity index (χ1) is 8.91. The highest BCUT2D eigenvalue weighted by Crippen LogP contribution is 2.15. The fourth-order valence-corrected chi connectivity index (χ4v) is 2.18. The van der Waals surface area contributed by atoms with E-state index in [1.54, 1.807) is 20.2 Å². The summed E-state index contributed by atoms with van der Waals surface area (Å²) in [5.41, 5.74) is 2.66. The zero-order valence-electron chi connectivity index (χ0n) is 12.0. The molecule has 2 aromatic heterocycles. The number of carbonyl (C=O) groups is 1. The Morgan fingerprint density at radius 1 is 1.37 bits per heavy atom. The Labute approximate surface area is 113 Å². The fraction of sp³-hybridized carbons (Fsp3) is 0.429. The van der Waals surface area contributed by atoms with E-state index in [1.165, 1.54) is 10.8 Å². The third-order valence-electron chi connectivity index (χ3n) is 3.06. The molecule has 0 atom stereocenters. The van der Waals surface area contributed by atoms with Crippen molar-refractivity contribution in [2.24, 2.45) is 7.05 Å². The van der Waals surface area contributed by atoms with Crippen LogP contribution < -0.4 is 4.40 Å². The largest absolute Gasteiger partial charge is 0.397 e. The zero-order chi connectivity index (χ0) is 14.2. The van der Waals surface area contributed by atoms with Crippen molar-refractivity contribution in [1.29, 1.82) is 0 Å². The molecule has 5 heteroatoms. The second kappa shape index (κ2) is 5.01. The lowest BCUT2D eigenvalue weighted by Crippen LogP contribution is -2.32. The molecule has 0 aliphatic carbocycles. The molecule has 0 amide bonds. The second-order valence-electron chi connectivity index (χ2n) is 5.10. The number of hydrogen-bond acceptors (Lipinski definition) is 3. The third-order valence-corrected chi connectivity index (χ3v) is 3.06. The van der Waals surface area contributed by atoms with Crippen LogP contribution in [0, 0.1) is 0 Å². The second-order valence-corrected chi connectivity index (χ2v) is 5.10. The molecule has 19 heavy (non-hydrogen) atoms. The van der Waals surface area contributed by atoms with Crippen molar-refractivity contribution < 1.29 is 14.0 Å². The maximum atomic E-state index is 12.1. The van der Waals surface area contributed by atoms with E-state index >= 15 is 0 Å². The quantitative estimate of drug-likeness (QED) is 0.622. The van der Waals surface area contributed by atoms with Gasteiger partial charge in [0.05, 0.1) is 7.05 Å². The van der Waals surface area contributed by atoms with Crippen molar-refractivity contribution in [2.75, 3.05) is 14.1 Å². The molecule has 0 fully saturated rings. The summed E-state index contributed by atoms with van der Waals surface area (Å²) in [6.07, 6.45) is 1.99. The number of aromatic nitrogens is 2. The fourth-order valence-electron chi connectivity index (χ4n) is 2.18. The summed E-state index contributed by atoms with van der Waals surface area (Å²) in [5, 5.41) is 1.40. The number of carbonyl (C=O) groups excluding carboxylic acids is 1. The van der Waals surface area contributed by atoms with Crippen LogP contribution in [0.25, 0.3) is 5.65 Å². The maximum absolute atomic E-state index is 12.1. The van der Waals surface area contributed by atoms with E-state index in [2.05, 4.69) is 18.4 Å². The number of aryl methyl sites for hydroxylation is 1. The molecular weight excluding hydrogens is 242 g/mol. The van der Waals surface area contributed by atoms with Gasteiger partial charge in [0.1, 0.15) is 11.9 Å². The molecule has 0 aliphatic rings. The summed E-state index contributed by atoms with van der Waals surface area (Å²) in [6.45, 7) is 4.26. The van der Waals surface area contributed by atoms with Gasteiger partial charge in [-0.3, -0.25) is 0 Å².